The van der Waals surface area contributed by atoms with Crippen molar-refractivity contribution < 1.29 is 55.5 Å². The molecule has 0 unspecified atom stereocenters. The summed E-state index contributed by atoms with van der Waals surface area (Å²) in [5, 5.41) is 0. The van der Waals surface area contributed by atoms with Crippen LogP contribution in [0.4, 0.5) is 0 Å². The van der Waals surface area contributed by atoms with Crippen LogP contribution in [-0.4, -0.2) is 24.2 Å². The van der Waals surface area contributed by atoms with Crippen molar-refractivity contribution in [2.45, 2.75) is 0 Å². The topological polar surface area (TPSA) is 44.2 Å². The van der Waals surface area contributed by atoms with E-state index in [0.29, 0.717) is 15.6 Å². The Labute approximate surface area is 142 Å². The van der Waals surface area contributed by atoms with Crippen molar-refractivity contribution in [3.05, 3.63) is 9.77 Å². The van der Waals surface area contributed by atoms with Crippen LogP contribution in [0.25, 0.3) is 0 Å². The summed E-state index contributed by atoms with van der Waals surface area (Å²) in [5.41, 5.74) is 0. The maximum atomic E-state index is 4.85. The molecule has 1 aromatic heterocycles. The summed E-state index contributed by atoms with van der Waals surface area (Å²) >= 11 is 5.63. The Balaban J connectivity index is -0.000000339. The Kier molecular flexibility index (Phi) is 20.0. The molecule has 0 amide bonds. The van der Waals surface area contributed by atoms with Gasteiger partial charge in [-0.05, 0) is 0 Å². The van der Waals surface area contributed by atoms with Crippen molar-refractivity contribution in [2.75, 3.05) is 14.2 Å². The van der Waals surface area contributed by atoms with E-state index >= 15 is 0 Å². The zero-order valence-electron chi connectivity index (χ0n) is 8.55. The molecule has 4 nitrogen and oxygen atoms in total. The van der Waals surface area contributed by atoms with Gasteiger partial charge >= 0.3 is 59.4 Å². The molecule has 0 saturated carbocycles. The Morgan fingerprint density at radius 3 is 2.13 bits per heavy atom. The van der Waals surface area contributed by atoms with Gasteiger partial charge < -0.3 is 27.9 Å². The summed E-state index contributed by atoms with van der Waals surface area (Å²) in [6.07, 6.45) is 0. The quantitative estimate of drug-likeness (QED) is 0.179. The summed E-state index contributed by atoms with van der Waals surface area (Å²) in [5.74, 6) is 0.390. The molecule has 1 rings (SSSR count). The standard InChI is InChI=1S/C6H6IN2O2.ClH.HI.Li.Zn/c1-10-5-3-4(7)8-6(9-5)11-2;;;;/h1-2H3;2*1H;;/q-1;;;+1;+2/p-2. The van der Waals surface area contributed by atoms with Gasteiger partial charge in [0, 0.05) is 5.88 Å². The second kappa shape index (κ2) is 13.7. The fraction of sp³-hybridized carbons (Fsp3) is 0.333. The van der Waals surface area contributed by atoms with Crippen molar-refractivity contribution in [3.8, 4) is 11.9 Å². The van der Waals surface area contributed by atoms with E-state index in [9.17, 15) is 0 Å². The first-order chi connectivity index (χ1) is 6.26. The number of aromatic nitrogens is 2. The number of ether oxygens (including phenoxy) is 2. The molecule has 0 N–H and O–H groups in total. The van der Waals surface area contributed by atoms with Crippen LogP contribution in [0.5, 0.6) is 11.9 Å². The summed E-state index contributed by atoms with van der Waals surface area (Å²) in [6.45, 7) is 0. The first-order valence-corrected chi connectivity index (χ1v) is 13.2. The van der Waals surface area contributed by atoms with E-state index in [1.165, 1.54) is 29.0 Å². The fourth-order valence-electron chi connectivity index (χ4n) is 0.528. The molecule has 0 aliphatic rings. The molecule has 0 atom stereocenters. The van der Waals surface area contributed by atoms with Gasteiger partial charge in [0.05, 0.1) is 14.2 Å². The van der Waals surface area contributed by atoms with Crippen LogP contribution in [-0.2, 0) is 14.8 Å². The fourth-order valence-corrected chi connectivity index (χ4v) is 0.965. The Hall–Kier alpha value is 1.65. The Morgan fingerprint density at radius 2 is 1.73 bits per heavy atom. The number of nitrogens with zero attached hydrogens (tertiary/aromatic N) is 2. The van der Waals surface area contributed by atoms with E-state index < -0.39 is 0 Å². The molecule has 1 heterocycles. The summed E-state index contributed by atoms with van der Waals surface area (Å²) < 4.78 is 10.3. The molecule has 0 spiro atoms. The average Bonchev–Trinajstić information content (AvgIpc) is 2.20. The van der Waals surface area contributed by atoms with Gasteiger partial charge in [0.15, 0.2) is 0 Å². The van der Waals surface area contributed by atoms with Crippen LogP contribution in [0.15, 0.2) is 0 Å². The van der Waals surface area contributed by atoms with Crippen molar-refractivity contribution in [3.63, 3.8) is 0 Å². The molecular formula is C6H6ClI2LiN2O2Zn. The van der Waals surface area contributed by atoms with Crippen molar-refractivity contribution in [1.29, 1.82) is 0 Å². The molecule has 0 aliphatic heterocycles. The molecule has 0 fully saturated rings. The average molecular weight is 500 g/mol. The van der Waals surface area contributed by atoms with Crippen LogP contribution in [0.1, 0.15) is 0 Å². The van der Waals surface area contributed by atoms with Crippen molar-refractivity contribution >= 4 is 42.3 Å². The summed E-state index contributed by atoms with van der Waals surface area (Å²) in [7, 11) is 3.03. The zero-order chi connectivity index (χ0) is 10.3. The third-order valence-electron chi connectivity index (χ3n) is 0.977. The van der Waals surface area contributed by atoms with E-state index in [-0.39, 0.29) is 31.3 Å². The molecule has 0 bridgehead atoms. The molecule has 9 heteroatoms. The number of halogens is 3. The van der Waals surface area contributed by atoms with Gasteiger partial charge in [-0.15, -0.1) is 0 Å². The van der Waals surface area contributed by atoms with Crippen LogP contribution in [0, 0.1) is 9.77 Å². The van der Waals surface area contributed by atoms with E-state index in [1.807, 2.05) is 22.6 Å². The van der Waals surface area contributed by atoms with Crippen LogP contribution < -0.4 is 40.7 Å². The molecule has 1 aromatic rings. The maximum absolute atomic E-state index is 4.85. The number of rotatable bonds is 2. The molecule has 15 heavy (non-hydrogen) atoms. The molecular weight excluding hydrogens is 494 g/mol. The SMILES string of the molecule is COc1[c-]c(I)nc(OC)n1.[Cl-].[Li+].[Zn+][I]. The molecule has 0 saturated heterocycles. The first kappa shape index (κ1) is 21.9. The van der Waals surface area contributed by atoms with Crippen LogP contribution in [0.3, 0.4) is 0 Å². The third-order valence-corrected chi connectivity index (χ3v) is 1.49. The molecule has 76 valence electrons. The Bertz CT molecular complexity index is 251. The van der Waals surface area contributed by atoms with Gasteiger partial charge in [0.1, 0.15) is 0 Å². The van der Waals surface area contributed by atoms with Gasteiger partial charge in [-0.1, -0.05) is 26.3 Å². The van der Waals surface area contributed by atoms with E-state index in [2.05, 4.69) is 35.8 Å². The molecule has 0 radical (unpaired) electrons. The second-order valence-electron chi connectivity index (χ2n) is 1.64. The first-order valence-electron chi connectivity index (χ1n) is 3.08. The minimum absolute atomic E-state index is 0. The monoisotopic (exact) mass is 498 g/mol. The van der Waals surface area contributed by atoms with E-state index in [0.717, 1.165) is 0 Å². The number of hydrogen-bond donors (Lipinski definition) is 0. The van der Waals surface area contributed by atoms with Gasteiger partial charge in [-0.25, -0.2) is 4.98 Å². The molecule has 0 aliphatic carbocycles. The summed E-state index contributed by atoms with van der Waals surface area (Å²) in [4.78, 5) is 7.77. The normalized spacial score (nSPS) is 7.33. The summed E-state index contributed by atoms with van der Waals surface area (Å²) in [6, 6.07) is 3.09. The van der Waals surface area contributed by atoms with E-state index in [4.69, 9.17) is 9.47 Å². The van der Waals surface area contributed by atoms with Gasteiger partial charge in [-0.3, -0.25) is 0 Å². The van der Waals surface area contributed by atoms with Crippen LogP contribution in [0.2, 0.25) is 0 Å². The Morgan fingerprint density at radius 1 is 1.20 bits per heavy atom. The number of hydrogen-bond acceptors (Lipinski definition) is 4. The minimum atomic E-state index is 0. The number of methoxy groups -OCH3 is 2. The second-order valence-corrected chi connectivity index (χ2v) is 2.66. The van der Waals surface area contributed by atoms with Gasteiger partial charge in [-0.2, -0.15) is 4.98 Å². The predicted octanol–water partition coefficient (Wildman–Crippen LogP) is -4.21. The predicted molar refractivity (Wildman–Crippen MR) is 60.7 cm³/mol. The van der Waals surface area contributed by atoms with Crippen LogP contribution >= 0.6 is 42.3 Å². The van der Waals surface area contributed by atoms with Crippen molar-refractivity contribution in [1.82, 2.24) is 9.97 Å². The molecule has 0 aromatic carbocycles. The van der Waals surface area contributed by atoms with Crippen molar-refractivity contribution in [2.24, 2.45) is 0 Å². The van der Waals surface area contributed by atoms with Gasteiger partial charge in [0.2, 0.25) is 0 Å². The van der Waals surface area contributed by atoms with Gasteiger partial charge in [0.25, 0.3) is 0 Å². The zero-order valence-corrected chi connectivity index (χ0v) is 16.6. The van der Waals surface area contributed by atoms with E-state index in [1.54, 1.807) is 0 Å². The third kappa shape index (κ3) is 9.36.